The molecule has 2 aliphatic rings. The van der Waals surface area contributed by atoms with E-state index in [1.807, 2.05) is 39.9 Å². The van der Waals surface area contributed by atoms with Gasteiger partial charge in [0.25, 0.3) is 5.91 Å². The van der Waals surface area contributed by atoms with E-state index in [0.717, 1.165) is 43.6 Å². The summed E-state index contributed by atoms with van der Waals surface area (Å²) in [6.07, 6.45) is 4.56. The lowest BCUT2D eigenvalue weighted by molar-refractivity contribution is -0.0412. The van der Waals surface area contributed by atoms with Crippen molar-refractivity contribution >= 4 is 17.2 Å². The fourth-order valence-electron chi connectivity index (χ4n) is 3.63. The van der Waals surface area contributed by atoms with Gasteiger partial charge in [-0.15, -0.1) is 0 Å². The number of rotatable bonds is 4. The van der Waals surface area contributed by atoms with Gasteiger partial charge in [-0.05, 0) is 36.4 Å². The van der Waals surface area contributed by atoms with Gasteiger partial charge in [-0.2, -0.15) is 11.3 Å². The molecule has 2 aromatic rings. The second kappa shape index (κ2) is 7.23. The monoisotopic (exact) mass is 358 g/mol. The van der Waals surface area contributed by atoms with Crippen molar-refractivity contribution in [2.75, 3.05) is 19.7 Å². The molecule has 0 aromatic carbocycles. The highest BCUT2D eigenvalue weighted by Crippen LogP contribution is 2.37. The maximum atomic E-state index is 12.4. The number of likely N-dealkylation sites (tertiary alicyclic amines) is 1. The number of carbonyl (C=O) groups is 1. The molecule has 2 fully saturated rings. The standard InChI is InChI=1S/C19H22N2O3S/c22-18(15-4-10-25-14-15)21-8-5-19(6-9-21)11-17(13-24-19)23-12-16-3-1-2-7-20-16/h1-4,7,10,14,17H,5-6,8-9,11-13H2/t17-/m1/s1. The Morgan fingerprint density at radius 3 is 2.96 bits per heavy atom. The Hall–Kier alpha value is -1.76. The van der Waals surface area contributed by atoms with Gasteiger partial charge < -0.3 is 14.4 Å². The molecule has 0 aliphatic carbocycles. The molecule has 132 valence electrons. The number of aromatic nitrogens is 1. The molecule has 0 unspecified atom stereocenters. The van der Waals surface area contributed by atoms with E-state index in [9.17, 15) is 4.79 Å². The van der Waals surface area contributed by atoms with Crippen molar-refractivity contribution in [3.05, 3.63) is 52.5 Å². The van der Waals surface area contributed by atoms with E-state index in [0.29, 0.717) is 13.2 Å². The summed E-state index contributed by atoms with van der Waals surface area (Å²) in [7, 11) is 0. The minimum Gasteiger partial charge on any atom is -0.372 e. The van der Waals surface area contributed by atoms with Gasteiger partial charge in [-0.3, -0.25) is 9.78 Å². The predicted molar refractivity (Wildman–Crippen MR) is 95.6 cm³/mol. The van der Waals surface area contributed by atoms with Crippen LogP contribution in [-0.4, -0.2) is 47.2 Å². The number of pyridine rings is 1. The molecule has 25 heavy (non-hydrogen) atoms. The highest BCUT2D eigenvalue weighted by molar-refractivity contribution is 7.08. The molecule has 5 nitrogen and oxygen atoms in total. The molecule has 2 aliphatic heterocycles. The predicted octanol–water partition coefficient (Wildman–Crippen LogP) is 3.12. The summed E-state index contributed by atoms with van der Waals surface area (Å²) in [4.78, 5) is 18.7. The molecule has 1 spiro atoms. The van der Waals surface area contributed by atoms with Crippen LogP contribution < -0.4 is 0 Å². The van der Waals surface area contributed by atoms with Gasteiger partial charge in [0.1, 0.15) is 0 Å². The van der Waals surface area contributed by atoms with E-state index in [-0.39, 0.29) is 17.6 Å². The third kappa shape index (κ3) is 3.76. The number of carbonyl (C=O) groups excluding carboxylic acids is 1. The average Bonchev–Trinajstić information content (AvgIpc) is 3.32. The van der Waals surface area contributed by atoms with E-state index >= 15 is 0 Å². The maximum Gasteiger partial charge on any atom is 0.254 e. The van der Waals surface area contributed by atoms with Crippen molar-refractivity contribution in [3.63, 3.8) is 0 Å². The SMILES string of the molecule is O=C(c1ccsc1)N1CCC2(CC1)C[C@@H](OCc1ccccn1)CO2. The van der Waals surface area contributed by atoms with Gasteiger partial charge in [0.05, 0.1) is 36.2 Å². The largest absolute Gasteiger partial charge is 0.372 e. The fourth-order valence-corrected chi connectivity index (χ4v) is 4.26. The summed E-state index contributed by atoms with van der Waals surface area (Å²) < 4.78 is 12.1. The summed E-state index contributed by atoms with van der Waals surface area (Å²) in [6, 6.07) is 7.74. The Morgan fingerprint density at radius 1 is 1.36 bits per heavy atom. The second-order valence-electron chi connectivity index (χ2n) is 6.76. The Morgan fingerprint density at radius 2 is 2.24 bits per heavy atom. The van der Waals surface area contributed by atoms with Crippen LogP contribution in [0.5, 0.6) is 0 Å². The van der Waals surface area contributed by atoms with Gasteiger partial charge >= 0.3 is 0 Å². The number of ether oxygens (including phenoxy) is 2. The van der Waals surface area contributed by atoms with Crippen molar-refractivity contribution in [1.29, 1.82) is 0 Å². The van der Waals surface area contributed by atoms with Crippen LogP contribution in [0.15, 0.2) is 41.2 Å². The zero-order chi connectivity index (χ0) is 17.1. The molecule has 2 saturated heterocycles. The summed E-state index contributed by atoms with van der Waals surface area (Å²) in [6.45, 7) is 2.66. The van der Waals surface area contributed by atoms with E-state index in [1.165, 1.54) is 0 Å². The molecule has 4 heterocycles. The van der Waals surface area contributed by atoms with Gasteiger partial charge in [-0.25, -0.2) is 0 Å². The number of hydrogen-bond acceptors (Lipinski definition) is 5. The second-order valence-corrected chi connectivity index (χ2v) is 7.54. The molecule has 0 bridgehead atoms. The Kier molecular flexibility index (Phi) is 4.83. The number of hydrogen-bond donors (Lipinski definition) is 0. The quantitative estimate of drug-likeness (QED) is 0.843. The van der Waals surface area contributed by atoms with Crippen molar-refractivity contribution in [2.24, 2.45) is 0 Å². The van der Waals surface area contributed by atoms with E-state index in [2.05, 4.69) is 4.98 Å². The first-order valence-electron chi connectivity index (χ1n) is 8.71. The third-order valence-electron chi connectivity index (χ3n) is 5.10. The van der Waals surface area contributed by atoms with E-state index in [1.54, 1.807) is 17.5 Å². The molecule has 1 atom stereocenters. The van der Waals surface area contributed by atoms with Crippen LogP contribution in [0, 0.1) is 0 Å². The molecular formula is C19H22N2O3S. The van der Waals surface area contributed by atoms with Crippen molar-refractivity contribution in [3.8, 4) is 0 Å². The van der Waals surface area contributed by atoms with Gasteiger partial charge in [0.15, 0.2) is 0 Å². The zero-order valence-electron chi connectivity index (χ0n) is 14.1. The Labute approximate surface area is 151 Å². The average molecular weight is 358 g/mol. The fraction of sp³-hybridized carbons (Fsp3) is 0.474. The molecule has 4 rings (SSSR count). The van der Waals surface area contributed by atoms with Crippen LogP contribution in [0.3, 0.4) is 0 Å². The van der Waals surface area contributed by atoms with Crippen LogP contribution in [-0.2, 0) is 16.1 Å². The van der Waals surface area contributed by atoms with Gasteiger partial charge in [0.2, 0.25) is 0 Å². The number of thiophene rings is 1. The van der Waals surface area contributed by atoms with Crippen molar-refractivity contribution < 1.29 is 14.3 Å². The molecule has 0 N–H and O–H groups in total. The van der Waals surface area contributed by atoms with Gasteiger partial charge in [-0.1, -0.05) is 6.07 Å². The van der Waals surface area contributed by atoms with Crippen LogP contribution in [0.4, 0.5) is 0 Å². The Bertz CT molecular complexity index is 697. The molecule has 0 radical (unpaired) electrons. The van der Waals surface area contributed by atoms with Crippen LogP contribution >= 0.6 is 11.3 Å². The molecule has 0 saturated carbocycles. The minimum atomic E-state index is -0.125. The molecule has 6 heteroatoms. The lowest BCUT2D eigenvalue weighted by Crippen LogP contribution is -2.46. The van der Waals surface area contributed by atoms with Crippen LogP contribution in [0.1, 0.15) is 35.3 Å². The van der Waals surface area contributed by atoms with E-state index in [4.69, 9.17) is 9.47 Å². The lowest BCUT2D eigenvalue weighted by Gasteiger charge is -2.38. The summed E-state index contributed by atoms with van der Waals surface area (Å²) in [5, 5.41) is 3.86. The molecule has 1 amide bonds. The van der Waals surface area contributed by atoms with Crippen LogP contribution in [0.2, 0.25) is 0 Å². The summed E-state index contributed by atoms with van der Waals surface area (Å²) >= 11 is 1.56. The smallest absolute Gasteiger partial charge is 0.254 e. The maximum absolute atomic E-state index is 12.4. The third-order valence-corrected chi connectivity index (χ3v) is 5.78. The van der Waals surface area contributed by atoms with E-state index < -0.39 is 0 Å². The molecule has 2 aromatic heterocycles. The zero-order valence-corrected chi connectivity index (χ0v) is 14.9. The first-order chi connectivity index (χ1) is 12.2. The Balaban J connectivity index is 1.28. The highest BCUT2D eigenvalue weighted by atomic mass is 32.1. The highest BCUT2D eigenvalue weighted by Gasteiger charge is 2.43. The molecular weight excluding hydrogens is 336 g/mol. The topological polar surface area (TPSA) is 51.7 Å². The van der Waals surface area contributed by atoms with Gasteiger partial charge in [0, 0.05) is 31.1 Å². The normalized spacial score (nSPS) is 22.4. The summed E-state index contributed by atoms with van der Waals surface area (Å²) in [5.74, 6) is 0.136. The number of amides is 1. The number of nitrogens with zero attached hydrogens (tertiary/aromatic N) is 2. The van der Waals surface area contributed by atoms with Crippen LogP contribution in [0.25, 0.3) is 0 Å². The first-order valence-corrected chi connectivity index (χ1v) is 9.65. The first kappa shape index (κ1) is 16.7. The van der Waals surface area contributed by atoms with Crippen molar-refractivity contribution in [2.45, 2.75) is 37.6 Å². The lowest BCUT2D eigenvalue weighted by atomic mass is 9.88. The van der Waals surface area contributed by atoms with Crippen molar-refractivity contribution in [1.82, 2.24) is 9.88 Å². The summed E-state index contributed by atoms with van der Waals surface area (Å²) in [5.41, 5.74) is 1.62. The number of piperidine rings is 1. The minimum absolute atomic E-state index is 0.112.